The average Bonchev–Trinajstić information content (AvgIpc) is 3.03. The summed E-state index contributed by atoms with van der Waals surface area (Å²) in [5.41, 5.74) is 3.30. The Kier molecular flexibility index (Phi) is 2.58. The van der Waals surface area contributed by atoms with Gasteiger partial charge < -0.3 is 4.74 Å². The third-order valence-corrected chi connectivity index (χ3v) is 3.44. The Balaban J connectivity index is 1.90. The van der Waals surface area contributed by atoms with Crippen LogP contribution in [-0.2, 0) is 9.53 Å². The number of rotatable bonds is 3. The average molecular weight is 244 g/mol. The van der Waals surface area contributed by atoms with Crippen molar-refractivity contribution in [3.8, 4) is 0 Å². The Morgan fingerprint density at radius 3 is 3.22 bits per heavy atom. The van der Waals surface area contributed by atoms with Crippen molar-refractivity contribution in [1.29, 1.82) is 0 Å². The van der Waals surface area contributed by atoms with Gasteiger partial charge in [0.25, 0.3) is 0 Å². The van der Waals surface area contributed by atoms with Gasteiger partial charge in [0.1, 0.15) is 0 Å². The highest BCUT2D eigenvalue weighted by Gasteiger charge is 2.46. The monoisotopic (exact) mass is 244 g/mol. The minimum absolute atomic E-state index is 0.0337. The van der Waals surface area contributed by atoms with E-state index in [0.717, 1.165) is 17.6 Å². The second-order valence-electron chi connectivity index (χ2n) is 4.78. The molecule has 0 radical (unpaired) electrons. The van der Waals surface area contributed by atoms with Crippen LogP contribution < -0.4 is 0 Å². The summed E-state index contributed by atoms with van der Waals surface area (Å²) in [4.78, 5) is 11.7. The van der Waals surface area contributed by atoms with E-state index in [1.807, 2.05) is 30.6 Å². The van der Waals surface area contributed by atoms with E-state index < -0.39 is 0 Å². The third kappa shape index (κ3) is 1.78. The van der Waals surface area contributed by atoms with Crippen molar-refractivity contribution in [2.75, 3.05) is 6.61 Å². The minimum Gasteiger partial charge on any atom is -0.466 e. The maximum atomic E-state index is 11.7. The zero-order chi connectivity index (χ0) is 12.7. The smallest absolute Gasteiger partial charge is 0.309 e. The van der Waals surface area contributed by atoms with Gasteiger partial charge >= 0.3 is 5.97 Å². The summed E-state index contributed by atoms with van der Waals surface area (Å²) in [6.07, 6.45) is 2.83. The van der Waals surface area contributed by atoms with E-state index in [4.69, 9.17) is 4.74 Å². The van der Waals surface area contributed by atoms with Gasteiger partial charge in [-0.15, -0.1) is 0 Å². The van der Waals surface area contributed by atoms with Crippen LogP contribution in [0.4, 0.5) is 0 Å². The zero-order valence-electron chi connectivity index (χ0n) is 10.6. The maximum absolute atomic E-state index is 11.7. The number of aromatic nitrogens is 2. The number of carbonyl (C=O) groups excluding carboxylic acids is 1. The number of hydrogen-bond acceptors (Lipinski definition) is 3. The molecule has 4 heteroatoms. The third-order valence-electron chi connectivity index (χ3n) is 3.44. The number of ether oxygens (including phenoxy) is 1. The Bertz CT molecular complexity index is 603. The molecule has 2 aromatic rings. The predicted octanol–water partition coefficient (Wildman–Crippen LogP) is 2.31. The van der Waals surface area contributed by atoms with Crippen LogP contribution in [0.2, 0.25) is 0 Å². The maximum Gasteiger partial charge on any atom is 0.309 e. The molecule has 0 unspecified atom stereocenters. The number of hydrogen-bond donors (Lipinski definition) is 0. The summed E-state index contributed by atoms with van der Waals surface area (Å²) in [5.74, 6) is 0.260. The Labute approximate surface area is 106 Å². The predicted molar refractivity (Wildman–Crippen MR) is 67.4 cm³/mol. The first kappa shape index (κ1) is 11.3. The van der Waals surface area contributed by atoms with E-state index in [2.05, 4.69) is 17.2 Å². The first-order valence-corrected chi connectivity index (χ1v) is 6.32. The highest BCUT2D eigenvalue weighted by atomic mass is 16.5. The number of fused-ring (bicyclic) bond motifs is 1. The van der Waals surface area contributed by atoms with Gasteiger partial charge in [0.05, 0.1) is 23.7 Å². The van der Waals surface area contributed by atoms with Crippen molar-refractivity contribution < 1.29 is 9.53 Å². The lowest BCUT2D eigenvalue weighted by Crippen LogP contribution is -2.07. The zero-order valence-corrected chi connectivity index (χ0v) is 10.6. The molecule has 18 heavy (non-hydrogen) atoms. The first-order chi connectivity index (χ1) is 8.70. The van der Waals surface area contributed by atoms with Gasteiger partial charge in [0.15, 0.2) is 0 Å². The second-order valence-corrected chi connectivity index (χ2v) is 4.78. The van der Waals surface area contributed by atoms with Gasteiger partial charge in [-0.2, -0.15) is 5.10 Å². The molecule has 2 heterocycles. The molecule has 0 amide bonds. The van der Waals surface area contributed by atoms with Crippen LogP contribution in [0.25, 0.3) is 5.52 Å². The van der Waals surface area contributed by atoms with Gasteiger partial charge in [-0.3, -0.25) is 4.79 Å². The molecular formula is C14H16N2O2. The summed E-state index contributed by atoms with van der Waals surface area (Å²) >= 11 is 0. The topological polar surface area (TPSA) is 43.6 Å². The molecule has 2 atom stereocenters. The standard InChI is InChI=1S/C14H16N2O2/c1-3-18-14(17)12-8-11(12)10-5-4-6-16-13(10)7-9(2)15-16/h4-7,11-12H,3,8H2,1-2H3/t11-,12+/m0/s1. The Hall–Kier alpha value is -1.84. The van der Waals surface area contributed by atoms with E-state index in [0.29, 0.717) is 12.5 Å². The molecule has 0 spiro atoms. The highest BCUT2D eigenvalue weighted by molar-refractivity contribution is 5.78. The minimum atomic E-state index is -0.0688. The molecule has 0 aromatic carbocycles. The van der Waals surface area contributed by atoms with Gasteiger partial charge in [-0.25, -0.2) is 4.52 Å². The molecule has 1 fully saturated rings. The summed E-state index contributed by atoms with van der Waals surface area (Å²) in [6.45, 7) is 4.28. The van der Waals surface area contributed by atoms with Crippen LogP contribution in [0.3, 0.4) is 0 Å². The number of nitrogens with zero attached hydrogens (tertiary/aromatic N) is 2. The van der Waals surface area contributed by atoms with Crippen LogP contribution in [0.1, 0.15) is 30.5 Å². The largest absolute Gasteiger partial charge is 0.466 e. The normalized spacial score (nSPS) is 22.1. The SMILES string of the molecule is CCOC(=O)[C@@H]1C[C@H]1c1cccn2nc(C)cc12. The van der Waals surface area contributed by atoms with Crippen LogP contribution >= 0.6 is 0 Å². The molecule has 3 rings (SSSR count). The molecule has 0 N–H and O–H groups in total. The van der Waals surface area contributed by atoms with Gasteiger partial charge in [0, 0.05) is 12.1 Å². The Morgan fingerprint density at radius 2 is 2.44 bits per heavy atom. The summed E-state index contributed by atoms with van der Waals surface area (Å²) in [5, 5.41) is 4.39. The van der Waals surface area contributed by atoms with Crippen molar-refractivity contribution in [1.82, 2.24) is 9.61 Å². The lowest BCUT2D eigenvalue weighted by molar-refractivity contribution is -0.144. The van der Waals surface area contributed by atoms with E-state index in [1.54, 1.807) is 0 Å². The molecule has 1 aliphatic carbocycles. The summed E-state index contributed by atoms with van der Waals surface area (Å²) in [6, 6.07) is 6.13. The molecule has 0 saturated heterocycles. The van der Waals surface area contributed by atoms with Crippen molar-refractivity contribution in [2.45, 2.75) is 26.2 Å². The molecule has 94 valence electrons. The van der Waals surface area contributed by atoms with E-state index in [9.17, 15) is 4.79 Å². The fourth-order valence-corrected chi connectivity index (χ4v) is 2.52. The molecule has 0 bridgehead atoms. The number of carbonyl (C=O) groups is 1. The highest BCUT2D eigenvalue weighted by Crippen LogP contribution is 2.49. The quantitative estimate of drug-likeness (QED) is 0.778. The lowest BCUT2D eigenvalue weighted by atomic mass is 10.1. The molecule has 4 nitrogen and oxygen atoms in total. The van der Waals surface area contributed by atoms with Crippen LogP contribution in [0.15, 0.2) is 24.4 Å². The fraction of sp³-hybridized carbons (Fsp3) is 0.429. The van der Waals surface area contributed by atoms with Gasteiger partial charge in [-0.1, -0.05) is 6.07 Å². The van der Waals surface area contributed by atoms with Crippen molar-refractivity contribution in [3.63, 3.8) is 0 Å². The van der Waals surface area contributed by atoms with Crippen LogP contribution in [0.5, 0.6) is 0 Å². The van der Waals surface area contributed by atoms with Crippen molar-refractivity contribution in [2.24, 2.45) is 5.92 Å². The van der Waals surface area contributed by atoms with Crippen molar-refractivity contribution >= 4 is 11.5 Å². The van der Waals surface area contributed by atoms with Gasteiger partial charge in [0.2, 0.25) is 0 Å². The Morgan fingerprint density at radius 1 is 1.61 bits per heavy atom. The van der Waals surface area contributed by atoms with Crippen LogP contribution in [-0.4, -0.2) is 22.2 Å². The molecule has 1 aliphatic rings. The van der Waals surface area contributed by atoms with E-state index in [1.165, 1.54) is 5.56 Å². The molecular weight excluding hydrogens is 228 g/mol. The molecule has 2 aromatic heterocycles. The fourth-order valence-electron chi connectivity index (χ4n) is 2.52. The molecule has 0 aliphatic heterocycles. The number of aryl methyl sites for hydroxylation is 1. The molecule has 1 saturated carbocycles. The summed E-state index contributed by atoms with van der Waals surface area (Å²) in [7, 11) is 0. The van der Waals surface area contributed by atoms with Crippen molar-refractivity contribution in [3.05, 3.63) is 35.7 Å². The number of pyridine rings is 1. The van der Waals surface area contributed by atoms with Gasteiger partial charge in [-0.05, 0) is 38.0 Å². The number of esters is 1. The van der Waals surface area contributed by atoms with E-state index >= 15 is 0 Å². The lowest BCUT2D eigenvalue weighted by Gasteiger charge is -2.03. The second kappa shape index (κ2) is 4.12. The summed E-state index contributed by atoms with van der Waals surface area (Å²) < 4.78 is 6.95. The van der Waals surface area contributed by atoms with Crippen LogP contribution in [0, 0.1) is 12.8 Å². The van der Waals surface area contributed by atoms with E-state index in [-0.39, 0.29) is 11.9 Å². The first-order valence-electron chi connectivity index (χ1n) is 6.32.